The van der Waals surface area contributed by atoms with E-state index in [4.69, 9.17) is 4.74 Å². The maximum absolute atomic E-state index is 13.1. The van der Waals surface area contributed by atoms with Gasteiger partial charge < -0.3 is 15.0 Å². The number of carbonyl (C=O) groups is 5. The molecule has 2 N–H and O–H groups in total. The maximum Gasteiger partial charge on any atom is 0.255 e. The van der Waals surface area contributed by atoms with E-state index in [1.165, 1.54) is 16.0 Å². The van der Waals surface area contributed by atoms with Crippen LogP contribution in [0.1, 0.15) is 78.1 Å². The molecule has 3 aromatic rings. The number of ether oxygens (including phenoxy) is 1. The number of rotatable bonds is 12. The number of benzene rings is 3. The zero-order chi connectivity index (χ0) is 37.6. The molecular weight excluding hydrogens is 681 g/mol. The summed E-state index contributed by atoms with van der Waals surface area (Å²) in [5.41, 5.74) is 7.95. The molecule has 3 heterocycles. The molecule has 3 aliphatic heterocycles. The minimum Gasteiger partial charge on any atom is -0.492 e. The number of hydrogen-bond donors (Lipinski definition) is 2. The lowest BCUT2D eigenvalue weighted by Gasteiger charge is -2.31. The van der Waals surface area contributed by atoms with E-state index in [1.807, 2.05) is 42.5 Å². The predicted molar refractivity (Wildman–Crippen MR) is 206 cm³/mol. The zero-order valence-electron chi connectivity index (χ0n) is 30.6. The molecule has 4 aliphatic rings. The number of allylic oxidation sites excluding steroid dienone is 6. The normalized spacial score (nSPS) is 19.6. The number of hydrogen-bond acceptors (Lipinski definition) is 7. The summed E-state index contributed by atoms with van der Waals surface area (Å²) in [6, 6.07) is 23.5. The minimum atomic E-state index is -0.650. The molecular formula is C44H46N4O6. The van der Waals surface area contributed by atoms with Gasteiger partial charge in [0.1, 0.15) is 18.4 Å². The van der Waals surface area contributed by atoms with Crippen molar-refractivity contribution in [2.75, 3.05) is 26.2 Å². The lowest BCUT2D eigenvalue weighted by Crippen LogP contribution is -2.52. The number of ketones is 1. The van der Waals surface area contributed by atoms with Crippen molar-refractivity contribution >= 4 is 40.6 Å². The van der Waals surface area contributed by atoms with Gasteiger partial charge in [0.05, 0.1) is 0 Å². The third kappa shape index (κ3) is 8.29. The fraction of sp³-hybridized carbons (Fsp3) is 0.341. The summed E-state index contributed by atoms with van der Waals surface area (Å²) in [4.78, 5) is 65.8. The number of fused-ring (bicyclic) bond motifs is 1. The van der Waals surface area contributed by atoms with E-state index in [2.05, 4.69) is 58.9 Å². The van der Waals surface area contributed by atoms with Crippen LogP contribution in [0.25, 0.3) is 11.1 Å². The fourth-order valence-corrected chi connectivity index (χ4v) is 7.89. The monoisotopic (exact) mass is 726 g/mol. The van der Waals surface area contributed by atoms with E-state index in [1.54, 1.807) is 12.1 Å². The van der Waals surface area contributed by atoms with Gasteiger partial charge in [0.2, 0.25) is 17.7 Å². The summed E-state index contributed by atoms with van der Waals surface area (Å²) in [5.74, 6) is -0.0604. The van der Waals surface area contributed by atoms with E-state index >= 15 is 0 Å². The Morgan fingerprint density at radius 1 is 0.907 bits per heavy atom. The van der Waals surface area contributed by atoms with Gasteiger partial charge in [0, 0.05) is 44.0 Å². The second-order valence-electron chi connectivity index (χ2n) is 14.3. The zero-order valence-corrected chi connectivity index (χ0v) is 30.6. The highest BCUT2D eigenvalue weighted by Crippen LogP contribution is 2.37. The van der Waals surface area contributed by atoms with Crippen LogP contribution in [0.4, 0.5) is 0 Å². The first-order valence-corrected chi connectivity index (χ1v) is 19.0. The molecule has 0 aromatic heterocycles. The number of imide groups is 1. The Morgan fingerprint density at radius 3 is 2.39 bits per heavy atom. The first kappa shape index (κ1) is 36.7. The highest BCUT2D eigenvalue weighted by atomic mass is 16.5. The first-order valence-electron chi connectivity index (χ1n) is 19.0. The summed E-state index contributed by atoms with van der Waals surface area (Å²) in [6.45, 7) is 5.78. The fourth-order valence-electron chi connectivity index (χ4n) is 7.89. The number of likely N-dealkylation sites (tertiary alicyclic amines) is 1. The van der Waals surface area contributed by atoms with Crippen molar-refractivity contribution in [1.82, 2.24) is 20.4 Å². The molecule has 4 amide bonds. The number of amides is 4. The molecule has 1 atom stereocenters. The maximum atomic E-state index is 13.1. The Balaban J connectivity index is 0.873. The molecule has 0 spiro atoms. The lowest BCUT2D eigenvalue weighted by molar-refractivity contribution is -0.137. The molecule has 2 saturated heterocycles. The number of nitrogens with one attached hydrogen (secondary N) is 2. The second kappa shape index (κ2) is 16.6. The Labute approximate surface area is 315 Å². The summed E-state index contributed by atoms with van der Waals surface area (Å²) in [6.07, 6.45) is 8.95. The van der Waals surface area contributed by atoms with Crippen LogP contribution in [0.15, 0.2) is 96.6 Å². The number of nitrogens with zero attached hydrogens (tertiary/aromatic N) is 2. The van der Waals surface area contributed by atoms with Crippen LogP contribution >= 0.6 is 0 Å². The number of carbonyl (C=O) groups excluding carboxylic acids is 5. The molecule has 7 rings (SSSR count). The molecule has 10 nitrogen and oxygen atoms in total. The van der Waals surface area contributed by atoms with Crippen molar-refractivity contribution in [3.8, 4) is 5.75 Å². The van der Waals surface area contributed by atoms with Gasteiger partial charge in [-0.2, -0.15) is 0 Å². The van der Waals surface area contributed by atoms with Crippen LogP contribution in [0.3, 0.4) is 0 Å². The van der Waals surface area contributed by atoms with Gasteiger partial charge in [0.25, 0.3) is 5.91 Å². The molecule has 54 heavy (non-hydrogen) atoms. The molecule has 10 heteroatoms. The van der Waals surface area contributed by atoms with Gasteiger partial charge in [0.15, 0.2) is 5.78 Å². The van der Waals surface area contributed by atoms with Crippen molar-refractivity contribution in [2.24, 2.45) is 5.92 Å². The predicted octanol–water partition coefficient (Wildman–Crippen LogP) is 5.63. The SMILES string of the molecule is CC/C(=C(\C1=CCC(=O)C=C1)c1ccc(OCCN2CCC(C(=O)NCc3ccc4c(c3)CN(C3CCC(=O)NC3=O)C4=O)CC2)cc1)c1ccccc1. The second-order valence-corrected chi connectivity index (χ2v) is 14.3. The summed E-state index contributed by atoms with van der Waals surface area (Å²) in [7, 11) is 0. The van der Waals surface area contributed by atoms with Gasteiger partial charge >= 0.3 is 0 Å². The van der Waals surface area contributed by atoms with E-state index in [0.717, 1.165) is 72.5 Å². The van der Waals surface area contributed by atoms with Crippen LogP contribution < -0.4 is 15.4 Å². The van der Waals surface area contributed by atoms with Crippen molar-refractivity contribution in [2.45, 2.75) is 64.6 Å². The molecule has 0 saturated carbocycles. The van der Waals surface area contributed by atoms with E-state index in [-0.39, 0.29) is 35.8 Å². The van der Waals surface area contributed by atoms with Crippen LogP contribution in [0.5, 0.6) is 5.75 Å². The average Bonchev–Trinajstić information content (AvgIpc) is 3.52. The Morgan fingerprint density at radius 2 is 1.69 bits per heavy atom. The van der Waals surface area contributed by atoms with Gasteiger partial charge in [-0.05, 0) is 102 Å². The van der Waals surface area contributed by atoms with Crippen LogP contribution in [-0.2, 0) is 32.3 Å². The van der Waals surface area contributed by atoms with Crippen LogP contribution in [0.2, 0.25) is 0 Å². The minimum absolute atomic E-state index is 0.0331. The highest BCUT2D eigenvalue weighted by molar-refractivity contribution is 6.05. The molecule has 0 bridgehead atoms. The average molecular weight is 727 g/mol. The van der Waals surface area contributed by atoms with Crippen molar-refractivity contribution in [1.29, 1.82) is 0 Å². The Bertz CT molecular complexity index is 2020. The first-order chi connectivity index (χ1) is 26.3. The molecule has 2 fully saturated rings. The molecule has 0 radical (unpaired) electrons. The van der Waals surface area contributed by atoms with E-state index in [9.17, 15) is 24.0 Å². The molecule has 1 unspecified atom stereocenters. The topological polar surface area (TPSA) is 125 Å². The number of piperidine rings is 2. The van der Waals surface area contributed by atoms with E-state index < -0.39 is 11.9 Å². The Hall–Kier alpha value is -5.61. The quantitative estimate of drug-likeness (QED) is 0.183. The van der Waals surface area contributed by atoms with Crippen molar-refractivity contribution < 1.29 is 28.7 Å². The van der Waals surface area contributed by atoms with E-state index in [0.29, 0.717) is 38.1 Å². The smallest absolute Gasteiger partial charge is 0.255 e. The molecule has 1 aliphatic carbocycles. The van der Waals surface area contributed by atoms with Gasteiger partial charge in [-0.25, -0.2) is 0 Å². The highest BCUT2D eigenvalue weighted by Gasteiger charge is 2.39. The van der Waals surface area contributed by atoms with Crippen LogP contribution in [0, 0.1) is 5.92 Å². The van der Waals surface area contributed by atoms with Crippen molar-refractivity contribution in [3.63, 3.8) is 0 Å². The standard InChI is InChI=1S/C44H46N4O6/c1-2-37(30-6-4-3-5-7-30)41(31-9-13-35(49)14-10-31)32-11-15-36(16-12-32)54-25-24-47-22-20-33(21-23-47)42(51)45-27-29-8-17-38-34(26-29)28-48(44(38)53)39-18-19-40(50)46-43(39)52/h3-13,15-17,26,33,39H,2,14,18-25,27-28H2,1H3,(H,45,51)(H,46,50,52)/b41-37-. The third-order valence-electron chi connectivity index (χ3n) is 10.9. The lowest BCUT2D eigenvalue weighted by atomic mass is 9.86. The van der Waals surface area contributed by atoms with Crippen molar-refractivity contribution in [3.05, 3.63) is 124 Å². The summed E-state index contributed by atoms with van der Waals surface area (Å²) >= 11 is 0. The third-order valence-corrected chi connectivity index (χ3v) is 10.9. The summed E-state index contributed by atoms with van der Waals surface area (Å²) in [5, 5.41) is 5.42. The summed E-state index contributed by atoms with van der Waals surface area (Å²) < 4.78 is 6.16. The van der Waals surface area contributed by atoms with Crippen LogP contribution in [-0.4, -0.2) is 71.5 Å². The molecule has 3 aromatic carbocycles. The Kier molecular flexibility index (Phi) is 11.3. The largest absolute Gasteiger partial charge is 0.492 e. The van der Waals surface area contributed by atoms with Gasteiger partial charge in [-0.3, -0.25) is 34.2 Å². The van der Waals surface area contributed by atoms with Gasteiger partial charge in [-0.1, -0.05) is 73.7 Å². The van der Waals surface area contributed by atoms with Gasteiger partial charge in [-0.15, -0.1) is 0 Å². The molecule has 278 valence electrons.